The first kappa shape index (κ1) is 19.3. The van der Waals surface area contributed by atoms with Crippen LogP contribution in [0.4, 0.5) is 10.7 Å². The first-order valence-corrected chi connectivity index (χ1v) is 10.9. The second kappa shape index (κ2) is 8.46. The minimum Gasteiger partial charge on any atom is -0.398 e. The van der Waals surface area contributed by atoms with Crippen molar-refractivity contribution in [1.29, 1.82) is 0 Å². The summed E-state index contributed by atoms with van der Waals surface area (Å²) in [5.41, 5.74) is 9.62. The highest BCUT2D eigenvalue weighted by atomic mass is 32.2. The van der Waals surface area contributed by atoms with E-state index in [1.54, 1.807) is 30.0 Å². The molecule has 4 nitrogen and oxygen atoms in total. The number of nitrogen functional groups attached to an aromatic ring is 1. The molecule has 1 amide bonds. The summed E-state index contributed by atoms with van der Waals surface area (Å²) in [5.74, 6) is 0.824. The minimum absolute atomic E-state index is 0.00685. The number of carbonyl (C=O) groups excluding carboxylic acids is 1. The summed E-state index contributed by atoms with van der Waals surface area (Å²) >= 11 is 3.50. The molecule has 0 radical (unpaired) electrons. The van der Waals surface area contributed by atoms with Crippen LogP contribution in [0.25, 0.3) is 0 Å². The van der Waals surface area contributed by atoms with Crippen molar-refractivity contribution >= 4 is 39.7 Å². The number of nitrogens with one attached hydrogen (secondary N) is 1. The average Bonchev–Trinajstić information content (AvgIpc) is 2.76. The van der Waals surface area contributed by atoms with E-state index in [1.807, 2.05) is 18.2 Å². The number of para-hydroxylation sites is 1. The van der Waals surface area contributed by atoms with E-state index in [-0.39, 0.29) is 5.91 Å². The van der Waals surface area contributed by atoms with E-state index >= 15 is 0 Å². The molecule has 0 bridgehead atoms. The van der Waals surface area contributed by atoms with Crippen molar-refractivity contribution in [2.24, 2.45) is 0 Å². The molecule has 6 heteroatoms. The maximum atomic E-state index is 11.7. The number of nitrogens with two attached hydrogens (primary N) is 1. The van der Waals surface area contributed by atoms with Crippen molar-refractivity contribution in [3.8, 4) is 0 Å². The van der Waals surface area contributed by atoms with Gasteiger partial charge in [0.25, 0.3) is 0 Å². The van der Waals surface area contributed by atoms with Gasteiger partial charge in [-0.05, 0) is 50.9 Å². The van der Waals surface area contributed by atoms with Crippen molar-refractivity contribution in [2.75, 3.05) is 17.6 Å². The van der Waals surface area contributed by atoms with Crippen LogP contribution in [0.15, 0.2) is 29.2 Å². The first-order valence-electron chi connectivity index (χ1n) is 9.08. The topological polar surface area (TPSA) is 58.4 Å². The maximum Gasteiger partial charge on any atom is 0.221 e. The smallest absolute Gasteiger partial charge is 0.221 e. The summed E-state index contributed by atoms with van der Waals surface area (Å²) in [4.78, 5) is 16.7. The molecule has 3 N–H and O–H groups in total. The quantitative estimate of drug-likeness (QED) is 0.573. The van der Waals surface area contributed by atoms with Gasteiger partial charge in [-0.15, -0.1) is 23.1 Å². The molecule has 1 aliphatic heterocycles. The first-order chi connectivity index (χ1) is 12.5. The van der Waals surface area contributed by atoms with Crippen LogP contribution in [-0.4, -0.2) is 23.4 Å². The van der Waals surface area contributed by atoms with Gasteiger partial charge in [-0.2, -0.15) is 0 Å². The summed E-state index contributed by atoms with van der Waals surface area (Å²) in [7, 11) is 0. The highest BCUT2D eigenvalue weighted by Crippen LogP contribution is 2.41. The summed E-state index contributed by atoms with van der Waals surface area (Å²) in [5, 5.41) is 4.07. The summed E-state index contributed by atoms with van der Waals surface area (Å²) in [6, 6.07) is 8.51. The lowest BCUT2D eigenvalue weighted by Crippen LogP contribution is -2.30. The van der Waals surface area contributed by atoms with Gasteiger partial charge in [0.05, 0.1) is 5.00 Å². The standard InChI is InChI=1S/C20H27N3OS2/c1-13(2)23-10-6-7-15-16(12-25-18-9-5-4-8-17(18)21)20(22-14(3)24)26-19(15)11-23/h4-5,8-9,13H,6-7,10-12,21H2,1-3H3,(H,22,24). The van der Waals surface area contributed by atoms with E-state index in [2.05, 4.69) is 30.1 Å². The van der Waals surface area contributed by atoms with Crippen LogP contribution >= 0.6 is 23.1 Å². The summed E-state index contributed by atoms with van der Waals surface area (Å²) in [6.07, 6.45) is 2.24. The molecule has 0 saturated carbocycles. The number of amides is 1. The zero-order valence-corrected chi connectivity index (χ0v) is 17.3. The van der Waals surface area contributed by atoms with Gasteiger partial charge in [-0.25, -0.2) is 0 Å². The van der Waals surface area contributed by atoms with Crippen molar-refractivity contribution < 1.29 is 4.79 Å². The van der Waals surface area contributed by atoms with Gasteiger partial charge in [0, 0.05) is 46.3 Å². The minimum atomic E-state index is -0.00685. The molecule has 0 saturated heterocycles. The SMILES string of the molecule is CC(=O)Nc1sc2c(c1CSc1ccccc1N)CCCN(C(C)C)C2. The third-order valence-electron chi connectivity index (χ3n) is 4.73. The Morgan fingerprint density at radius 3 is 2.85 bits per heavy atom. The predicted molar refractivity (Wildman–Crippen MR) is 113 cm³/mol. The second-order valence-corrected chi connectivity index (χ2v) is 9.11. The Morgan fingerprint density at radius 2 is 2.15 bits per heavy atom. The van der Waals surface area contributed by atoms with Crippen LogP contribution < -0.4 is 11.1 Å². The molecule has 0 aliphatic carbocycles. The molecule has 0 fully saturated rings. The second-order valence-electron chi connectivity index (χ2n) is 6.99. The fraction of sp³-hybridized carbons (Fsp3) is 0.450. The summed E-state index contributed by atoms with van der Waals surface area (Å²) in [6.45, 7) is 8.19. The lowest BCUT2D eigenvalue weighted by molar-refractivity contribution is -0.114. The monoisotopic (exact) mass is 389 g/mol. The average molecular weight is 390 g/mol. The van der Waals surface area contributed by atoms with E-state index in [4.69, 9.17) is 5.73 Å². The Labute approximate surface area is 164 Å². The Balaban J connectivity index is 1.89. The molecule has 0 atom stereocenters. The van der Waals surface area contributed by atoms with E-state index < -0.39 is 0 Å². The molecule has 2 aromatic rings. The Morgan fingerprint density at radius 1 is 1.38 bits per heavy atom. The third-order valence-corrected chi connectivity index (χ3v) is 7.02. The van der Waals surface area contributed by atoms with Gasteiger partial charge in [0.15, 0.2) is 0 Å². The lowest BCUT2D eigenvalue weighted by atomic mass is 10.1. The number of thiophene rings is 1. The van der Waals surface area contributed by atoms with E-state index in [0.29, 0.717) is 6.04 Å². The van der Waals surface area contributed by atoms with Crippen molar-refractivity contribution in [1.82, 2.24) is 4.90 Å². The molecule has 26 heavy (non-hydrogen) atoms. The normalized spacial score (nSPS) is 14.9. The van der Waals surface area contributed by atoms with Gasteiger partial charge in [-0.3, -0.25) is 9.69 Å². The number of fused-ring (bicyclic) bond motifs is 1. The van der Waals surface area contributed by atoms with E-state index in [1.165, 1.54) is 16.0 Å². The Bertz CT molecular complexity index is 785. The zero-order valence-electron chi connectivity index (χ0n) is 15.7. The fourth-order valence-corrected chi connectivity index (χ4v) is 5.77. The van der Waals surface area contributed by atoms with Gasteiger partial charge in [0.1, 0.15) is 0 Å². The highest BCUT2D eigenvalue weighted by molar-refractivity contribution is 7.98. The molecule has 3 rings (SSSR count). The van der Waals surface area contributed by atoms with Crippen LogP contribution in [0.5, 0.6) is 0 Å². The largest absolute Gasteiger partial charge is 0.398 e. The lowest BCUT2D eigenvalue weighted by Gasteiger charge is -2.24. The third kappa shape index (κ3) is 4.42. The number of hydrogen-bond donors (Lipinski definition) is 2. The molecule has 0 spiro atoms. The number of nitrogens with zero attached hydrogens (tertiary/aromatic N) is 1. The van der Waals surface area contributed by atoms with E-state index in [9.17, 15) is 4.79 Å². The molecule has 1 aromatic carbocycles. The number of thioether (sulfide) groups is 1. The van der Waals surface area contributed by atoms with Crippen LogP contribution in [0.3, 0.4) is 0 Å². The number of benzene rings is 1. The number of hydrogen-bond acceptors (Lipinski definition) is 5. The van der Waals surface area contributed by atoms with Gasteiger partial charge in [-0.1, -0.05) is 12.1 Å². The van der Waals surface area contributed by atoms with Crippen molar-refractivity contribution in [3.05, 3.63) is 40.3 Å². The van der Waals surface area contributed by atoms with Crippen LogP contribution in [0, 0.1) is 0 Å². The molecule has 1 aromatic heterocycles. The zero-order chi connectivity index (χ0) is 18.7. The molecular formula is C20H27N3OS2. The molecule has 1 aliphatic rings. The van der Waals surface area contributed by atoms with Crippen LogP contribution in [0.2, 0.25) is 0 Å². The summed E-state index contributed by atoms with van der Waals surface area (Å²) < 4.78 is 0. The van der Waals surface area contributed by atoms with E-state index in [0.717, 1.165) is 47.3 Å². The highest BCUT2D eigenvalue weighted by Gasteiger charge is 2.24. The number of rotatable bonds is 5. The van der Waals surface area contributed by atoms with Gasteiger partial charge in [0.2, 0.25) is 5.91 Å². The predicted octanol–water partition coefficient (Wildman–Crippen LogP) is 4.74. The Hall–Kier alpha value is -1.50. The number of anilines is 2. The Kier molecular flexibility index (Phi) is 6.27. The fourth-order valence-electron chi connectivity index (χ4n) is 3.31. The number of carbonyl (C=O) groups is 1. The molecular weight excluding hydrogens is 362 g/mol. The molecule has 2 heterocycles. The molecule has 0 unspecified atom stereocenters. The van der Waals surface area contributed by atoms with Gasteiger partial charge < -0.3 is 11.1 Å². The van der Waals surface area contributed by atoms with Crippen molar-refractivity contribution in [2.45, 2.75) is 56.8 Å². The van der Waals surface area contributed by atoms with Gasteiger partial charge >= 0.3 is 0 Å². The van der Waals surface area contributed by atoms with Crippen LogP contribution in [0.1, 0.15) is 43.2 Å². The molecule has 140 valence electrons. The maximum absolute atomic E-state index is 11.7. The van der Waals surface area contributed by atoms with Crippen molar-refractivity contribution in [3.63, 3.8) is 0 Å². The van der Waals surface area contributed by atoms with Crippen LogP contribution in [-0.2, 0) is 23.5 Å².